The first-order chi connectivity index (χ1) is 13.2. The van der Waals surface area contributed by atoms with Crippen LogP contribution in [0.5, 0.6) is 17.2 Å². The van der Waals surface area contributed by atoms with E-state index in [1.807, 2.05) is 0 Å². The molecule has 0 radical (unpaired) electrons. The number of nitrogens with one attached hydrogen (secondary N) is 1. The third kappa shape index (κ3) is 5.46. The zero-order valence-corrected chi connectivity index (χ0v) is 15.5. The highest BCUT2D eigenvalue weighted by molar-refractivity contribution is 6.32. The lowest BCUT2D eigenvalue weighted by molar-refractivity contribution is -0.123. The predicted octanol–water partition coefficient (Wildman–Crippen LogP) is 3.84. The number of carbonyl (C=O) groups excluding carboxylic acids is 2. The molecule has 2 aromatic rings. The van der Waals surface area contributed by atoms with Gasteiger partial charge in [0.15, 0.2) is 6.10 Å². The zero-order chi connectivity index (χ0) is 20.8. The van der Waals surface area contributed by atoms with Crippen molar-refractivity contribution in [2.75, 3.05) is 12.4 Å². The molecule has 28 heavy (non-hydrogen) atoms. The van der Waals surface area contributed by atoms with E-state index in [1.54, 1.807) is 0 Å². The maximum atomic E-state index is 12.2. The lowest BCUT2D eigenvalue weighted by atomic mass is 10.2. The number of phenolic OH excluding ortho intramolecular Hbond substituents is 1. The molecule has 2 N–H and O–H groups in total. The summed E-state index contributed by atoms with van der Waals surface area (Å²) in [7, 11) is 1.40. The number of ether oxygens (including phenoxy) is 3. The molecule has 0 aliphatic heterocycles. The SMILES string of the molecule is COc1ccc(C(=O)OC(C)C(=O)Nc2ccc(OC(F)F)c(Cl)c2)c(O)c1. The Balaban J connectivity index is 2.01. The number of halogens is 3. The van der Waals surface area contributed by atoms with Crippen LogP contribution in [-0.2, 0) is 9.53 Å². The minimum absolute atomic E-state index is 0.133. The second-order valence-corrected chi connectivity index (χ2v) is 5.85. The third-order valence-corrected chi connectivity index (χ3v) is 3.79. The quantitative estimate of drug-likeness (QED) is 0.667. The molecule has 1 unspecified atom stereocenters. The Morgan fingerprint density at radius 2 is 1.89 bits per heavy atom. The lowest BCUT2D eigenvalue weighted by Gasteiger charge is -2.15. The van der Waals surface area contributed by atoms with Gasteiger partial charge >= 0.3 is 12.6 Å². The van der Waals surface area contributed by atoms with Crippen molar-refractivity contribution in [3.05, 3.63) is 47.0 Å². The summed E-state index contributed by atoms with van der Waals surface area (Å²) in [6, 6.07) is 7.64. The zero-order valence-electron chi connectivity index (χ0n) is 14.7. The van der Waals surface area contributed by atoms with Gasteiger partial charge in [0.25, 0.3) is 5.91 Å². The molecule has 0 heterocycles. The lowest BCUT2D eigenvalue weighted by Crippen LogP contribution is -2.30. The molecule has 10 heteroatoms. The number of alkyl halides is 2. The topological polar surface area (TPSA) is 94.1 Å². The third-order valence-electron chi connectivity index (χ3n) is 3.49. The molecular formula is C18H16ClF2NO6. The van der Waals surface area contributed by atoms with Crippen LogP contribution in [0.3, 0.4) is 0 Å². The van der Waals surface area contributed by atoms with Crippen molar-refractivity contribution in [2.45, 2.75) is 19.6 Å². The minimum atomic E-state index is -3.04. The average Bonchev–Trinajstić information content (AvgIpc) is 2.63. The fraction of sp³-hybridized carbons (Fsp3) is 0.222. The van der Waals surface area contributed by atoms with Crippen molar-refractivity contribution < 1.29 is 37.7 Å². The molecule has 2 aromatic carbocycles. The number of rotatable bonds is 7. The fourth-order valence-corrected chi connectivity index (χ4v) is 2.33. The molecule has 0 saturated carbocycles. The van der Waals surface area contributed by atoms with Crippen LogP contribution in [-0.4, -0.2) is 36.8 Å². The number of aromatic hydroxyl groups is 1. The van der Waals surface area contributed by atoms with E-state index in [0.29, 0.717) is 5.75 Å². The Morgan fingerprint density at radius 3 is 2.46 bits per heavy atom. The summed E-state index contributed by atoms with van der Waals surface area (Å²) in [5.41, 5.74) is 0.0452. The maximum absolute atomic E-state index is 12.2. The van der Waals surface area contributed by atoms with Crippen molar-refractivity contribution in [3.8, 4) is 17.2 Å². The Bertz CT molecular complexity index is 877. The van der Waals surface area contributed by atoms with Gasteiger partial charge < -0.3 is 24.6 Å². The van der Waals surface area contributed by atoms with Crippen LogP contribution >= 0.6 is 11.6 Å². The van der Waals surface area contributed by atoms with Gasteiger partial charge in [0, 0.05) is 11.8 Å². The number of carbonyl (C=O) groups is 2. The van der Waals surface area contributed by atoms with Crippen molar-refractivity contribution in [2.24, 2.45) is 0 Å². The standard InChI is InChI=1S/C18H16ClF2NO6/c1-9(27-17(25)12-5-4-11(26-2)8-14(12)23)16(24)22-10-3-6-15(13(19)7-10)28-18(20)21/h3-9,18,23H,1-2H3,(H,22,24). The molecule has 2 rings (SSSR count). The molecule has 0 aromatic heterocycles. The summed E-state index contributed by atoms with van der Waals surface area (Å²) in [5.74, 6) is -1.88. The molecule has 1 amide bonds. The number of phenols is 1. The highest BCUT2D eigenvalue weighted by Gasteiger charge is 2.22. The minimum Gasteiger partial charge on any atom is -0.507 e. The summed E-state index contributed by atoms with van der Waals surface area (Å²) in [4.78, 5) is 24.3. The van der Waals surface area contributed by atoms with Gasteiger partial charge in [-0.2, -0.15) is 8.78 Å². The van der Waals surface area contributed by atoms with Gasteiger partial charge in [-0.3, -0.25) is 4.79 Å². The molecule has 0 bridgehead atoms. The van der Waals surface area contributed by atoms with E-state index in [0.717, 1.165) is 6.07 Å². The van der Waals surface area contributed by atoms with E-state index in [9.17, 15) is 23.5 Å². The maximum Gasteiger partial charge on any atom is 0.387 e. The van der Waals surface area contributed by atoms with Crippen LogP contribution in [0.4, 0.5) is 14.5 Å². The van der Waals surface area contributed by atoms with Crippen molar-refractivity contribution >= 4 is 29.2 Å². The molecule has 0 fully saturated rings. The summed E-state index contributed by atoms with van der Waals surface area (Å²) in [6.07, 6.45) is -1.22. The van der Waals surface area contributed by atoms with E-state index >= 15 is 0 Å². The number of amides is 1. The first-order valence-corrected chi connectivity index (χ1v) is 8.22. The number of anilines is 1. The van der Waals surface area contributed by atoms with Gasteiger partial charge in [-0.25, -0.2) is 4.79 Å². The Labute approximate surface area is 163 Å². The van der Waals surface area contributed by atoms with Crippen molar-refractivity contribution in [1.82, 2.24) is 0 Å². The highest BCUT2D eigenvalue weighted by Crippen LogP contribution is 2.29. The summed E-state index contributed by atoms with van der Waals surface area (Å²) in [6.45, 7) is -1.71. The van der Waals surface area contributed by atoms with Crippen LogP contribution in [0.2, 0.25) is 5.02 Å². The summed E-state index contributed by atoms with van der Waals surface area (Å²) >= 11 is 5.81. The Hall–Kier alpha value is -3.07. The van der Waals surface area contributed by atoms with E-state index in [-0.39, 0.29) is 27.8 Å². The van der Waals surface area contributed by atoms with Crippen molar-refractivity contribution in [1.29, 1.82) is 0 Å². The van der Waals surface area contributed by atoms with Crippen LogP contribution in [0.15, 0.2) is 36.4 Å². The van der Waals surface area contributed by atoms with Gasteiger partial charge in [-0.05, 0) is 37.3 Å². The van der Waals surface area contributed by atoms with E-state index in [2.05, 4.69) is 10.1 Å². The first-order valence-electron chi connectivity index (χ1n) is 7.84. The molecule has 0 aliphatic rings. The molecule has 7 nitrogen and oxygen atoms in total. The van der Waals surface area contributed by atoms with Gasteiger partial charge in [0.2, 0.25) is 0 Å². The smallest absolute Gasteiger partial charge is 0.387 e. The number of benzene rings is 2. The molecule has 0 aliphatic carbocycles. The first kappa shape index (κ1) is 21.2. The number of esters is 1. The van der Waals surface area contributed by atoms with Crippen molar-refractivity contribution in [3.63, 3.8) is 0 Å². The van der Waals surface area contributed by atoms with Gasteiger partial charge in [0.1, 0.15) is 22.8 Å². The van der Waals surface area contributed by atoms with Crippen LogP contribution in [0.25, 0.3) is 0 Å². The molecule has 150 valence electrons. The van der Waals surface area contributed by atoms with Gasteiger partial charge in [-0.15, -0.1) is 0 Å². The van der Waals surface area contributed by atoms with Crippen LogP contribution in [0, 0.1) is 0 Å². The molecule has 0 saturated heterocycles. The monoisotopic (exact) mass is 415 g/mol. The Kier molecular flexibility index (Phi) is 7.00. The van der Waals surface area contributed by atoms with Crippen LogP contribution in [0.1, 0.15) is 17.3 Å². The summed E-state index contributed by atoms with van der Waals surface area (Å²) < 4.78 is 38.6. The highest BCUT2D eigenvalue weighted by atomic mass is 35.5. The van der Waals surface area contributed by atoms with Gasteiger partial charge in [0.05, 0.1) is 12.1 Å². The second-order valence-electron chi connectivity index (χ2n) is 5.44. The normalized spacial score (nSPS) is 11.6. The predicted molar refractivity (Wildman–Crippen MR) is 96.3 cm³/mol. The van der Waals surface area contributed by atoms with Crippen LogP contribution < -0.4 is 14.8 Å². The average molecular weight is 416 g/mol. The number of methoxy groups -OCH3 is 1. The summed E-state index contributed by atoms with van der Waals surface area (Å²) in [5, 5.41) is 12.1. The molecule has 1 atom stereocenters. The van der Waals surface area contributed by atoms with E-state index in [1.165, 1.54) is 44.4 Å². The van der Waals surface area contributed by atoms with Gasteiger partial charge in [-0.1, -0.05) is 11.6 Å². The largest absolute Gasteiger partial charge is 0.507 e. The number of hydrogen-bond donors (Lipinski definition) is 2. The van der Waals surface area contributed by atoms with E-state index in [4.69, 9.17) is 21.1 Å². The molecular weight excluding hydrogens is 400 g/mol. The number of hydrogen-bond acceptors (Lipinski definition) is 6. The fourth-order valence-electron chi connectivity index (χ4n) is 2.10. The van der Waals surface area contributed by atoms with E-state index < -0.39 is 24.6 Å². The molecule has 0 spiro atoms. The second kappa shape index (κ2) is 9.23. The Morgan fingerprint density at radius 1 is 1.18 bits per heavy atom.